The van der Waals surface area contributed by atoms with Gasteiger partial charge in [-0.1, -0.05) is 40.5 Å². The molecule has 0 spiro atoms. The Kier molecular flexibility index (Phi) is 16.3. The van der Waals surface area contributed by atoms with E-state index >= 15 is 52.7 Å². The first-order valence-corrected chi connectivity index (χ1v) is 21.5. The van der Waals surface area contributed by atoms with Gasteiger partial charge < -0.3 is 24.3 Å². The van der Waals surface area contributed by atoms with Crippen LogP contribution >= 0.6 is 0 Å². The van der Waals surface area contributed by atoms with Gasteiger partial charge in [-0.05, 0) is 25.7 Å². The third-order valence-corrected chi connectivity index (χ3v) is 14.0. The van der Waals surface area contributed by atoms with Crippen molar-refractivity contribution in [1.29, 1.82) is 0 Å². The average Bonchev–Trinajstić information content (AvgIpc) is 3.30. The van der Waals surface area contributed by atoms with Gasteiger partial charge in [0.1, 0.15) is 52.7 Å². The lowest BCUT2D eigenvalue weighted by Crippen LogP contribution is -3.08. The van der Waals surface area contributed by atoms with Crippen LogP contribution in [-0.2, 0) is 0 Å². The van der Waals surface area contributed by atoms with Gasteiger partial charge in [0.15, 0.2) is 46.3 Å². The number of nitrogens with two attached hydrogens (primary N) is 1. The summed E-state index contributed by atoms with van der Waals surface area (Å²) in [6.45, 7) is 9.88. The third kappa shape index (κ3) is 8.47. The Hall–Kier alpha value is -5.02. The van der Waals surface area contributed by atoms with Gasteiger partial charge in [-0.25, -0.2) is 52.7 Å². The predicted molar refractivity (Wildman–Crippen MR) is 219 cm³/mol. The molecule has 0 saturated heterocycles. The van der Waals surface area contributed by atoms with Crippen LogP contribution in [-0.4, -0.2) is 45.7 Å². The second-order valence-corrected chi connectivity index (χ2v) is 17.7. The molecule has 376 valence electrons. The summed E-state index contributed by atoms with van der Waals surface area (Å²) >= 11 is 0. The number of rotatable bonds is 12. The molecule has 0 aliphatic heterocycles. The molecular formula is C46H48BF16NO4. The van der Waals surface area contributed by atoms with Crippen LogP contribution in [0.25, 0.3) is 0 Å². The fourth-order valence-electron chi connectivity index (χ4n) is 10.4. The van der Waals surface area contributed by atoms with E-state index in [0.717, 1.165) is 11.8 Å². The molecule has 6 rings (SSSR count). The fraction of sp³-hybridized carbons (Fsp3) is 0.478. The minimum Gasteiger partial charge on any atom is -0.491 e. The summed E-state index contributed by atoms with van der Waals surface area (Å²) in [6.07, 6.45) is 8.00. The van der Waals surface area contributed by atoms with Crippen molar-refractivity contribution in [1.82, 2.24) is 0 Å². The average molecular weight is 994 g/mol. The topological polar surface area (TPSA) is 53.5 Å². The van der Waals surface area contributed by atoms with Crippen molar-refractivity contribution in [3.63, 3.8) is 0 Å². The highest BCUT2D eigenvalue weighted by atomic mass is 19.2. The number of ether oxygens (including phenoxy) is 4. The quantitative estimate of drug-likeness (QED) is 0.0666. The van der Waals surface area contributed by atoms with E-state index in [1.165, 1.54) is 64.2 Å². The van der Waals surface area contributed by atoms with E-state index in [9.17, 15) is 17.6 Å². The van der Waals surface area contributed by atoms with Crippen molar-refractivity contribution in [2.45, 2.75) is 103 Å². The summed E-state index contributed by atoms with van der Waals surface area (Å²) in [5, 5.41) is 2.91. The summed E-state index contributed by atoms with van der Waals surface area (Å²) in [7, 11) is 1.07. The SMILES string of the molecule is CC(C)C1([NH2+]C2(C(C)C)CCCCC2)CCCCC1.COc1c(F)c(F)c(F)c([B-](c2c(F)c(F)c(F)c(OC)c2F)(c2c(F)c(F)c(F)c(OC)c2F)c2c(F)c(F)c(F)c(OC)c2F)c1F. The van der Waals surface area contributed by atoms with Crippen molar-refractivity contribution in [2.75, 3.05) is 28.4 Å². The van der Waals surface area contributed by atoms with Crippen LogP contribution in [0.2, 0.25) is 0 Å². The first kappa shape index (κ1) is 53.9. The van der Waals surface area contributed by atoms with E-state index in [2.05, 4.69) is 52.0 Å². The van der Waals surface area contributed by atoms with Crippen molar-refractivity contribution >= 4 is 28.0 Å². The van der Waals surface area contributed by atoms with Crippen LogP contribution in [0.4, 0.5) is 70.2 Å². The van der Waals surface area contributed by atoms with Crippen LogP contribution in [0.3, 0.4) is 0 Å². The normalized spacial score (nSPS) is 15.9. The van der Waals surface area contributed by atoms with Crippen molar-refractivity contribution in [3.8, 4) is 23.0 Å². The largest absolute Gasteiger partial charge is 0.491 e. The van der Waals surface area contributed by atoms with Crippen molar-refractivity contribution < 1.29 is 94.5 Å². The first-order valence-electron chi connectivity index (χ1n) is 21.5. The van der Waals surface area contributed by atoms with Gasteiger partial charge in [0, 0.05) is 37.5 Å². The molecular weight excluding hydrogens is 945 g/mol. The second-order valence-electron chi connectivity index (χ2n) is 17.7. The molecule has 22 heteroatoms. The Bertz CT molecular complexity index is 2240. The summed E-state index contributed by atoms with van der Waals surface area (Å²) in [5.41, 5.74) is -10.7. The zero-order valence-electron chi connectivity index (χ0n) is 38.1. The van der Waals surface area contributed by atoms with E-state index in [1.807, 2.05) is 0 Å². The van der Waals surface area contributed by atoms with E-state index in [4.69, 9.17) is 0 Å². The maximum absolute atomic E-state index is 16.3. The molecule has 2 aliphatic rings. The molecule has 0 unspecified atom stereocenters. The summed E-state index contributed by atoms with van der Waals surface area (Å²) in [5.74, 6) is -55.5. The van der Waals surface area contributed by atoms with Crippen LogP contribution in [0, 0.1) is 105 Å². The molecule has 68 heavy (non-hydrogen) atoms. The van der Waals surface area contributed by atoms with Gasteiger partial charge in [-0.3, -0.25) is 0 Å². The molecule has 2 N–H and O–H groups in total. The maximum Gasteiger partial charge on any atom is 0.206 e. The Balaban J connectivity index is 0.000000377. The van der Waals surface area contributed by atoms with Crippen LogP contribution < -0.4 is 46.1 Å². The molecule has 0 amide bonds. The summed E-state index contributed by atoms with van der Waals surface area (Å²) in [6, 6.07) is 0. The molecule has 2 fully saturated rings. The standard InChI is InChI=1S/C28H12BF16O4.C18H35N/c1-46-25-13(34)5(9(30)17(38)21(25)42)29(6-10(31)18(39)22(43)26(47-2)14(6)35,7-11(32)19(40)23(44)27(48-3)15(7)36)8-12(33)20(41)24(45)28(49-4)16(8)37;1-15(2)17(11-7-5-8-12-17)19-18(16(3)4)13-9-6-10-14-18/h1-4H3;15-16,19H,5-14H2,1-4H3/q-1;/p+1. The molecule has 0 bridgehead atoms. The van der Waals surface area contributed by atoms with Gasteiger partial charge in [0.05, 0.1) is 39.5 Å². The smallest absolute Gasteiger partial charge is 0.206 e. The minimum atomic E-state index is -6.61. The molecule has 0 radical (unpaired) electrons. The number of methoxy groups -OCH3 is 4. The van der Waals surface area contributed by atoms with Gasteiger partial charge in [0.2, 0.25) is 23.3 Å². The zero-order valence-corrected chi connectivity index (χ0v) is 38.1. The van der Waals surface area contributed by atoms with Crippen molar-refractivity contribution in [3.05, 3.63) is 93.1 Å². The number of quaternary nitrogens is 1. The highest BCUT2D eigenvalue weighted by Gasteiger charge is 2.53. The lowest BCUT2D eigenvalue weighted by atomic mass is 9.12. The predicted octanol–water partition coefficient (Wildman–Crippen LogP) is 9.59. The van der Waals surface area contributed by atoms with Crippen LogP contribution in [0.5, 0.6) is 23.0 Å². The monoisotopic (exact) mass is 993 g/mol. The third-order valence-electron chi connectivity index (χ3n) is 14.0. The Morgan fingerprint density at radius 2 is 0.529 bits per heavy atom. The highest BCUT2D eigenvalue weighted by Crippen LogP contribution is 2.39. The van der Waals surface area contributed by atoms with Gasteiger partial charge in [0.25, 0.3) is 0 Å². The molecule has 0 atom stereocenters. The number of hydrogen-bond acceptors (Lipinski definition) is 4. The van der Waals surface area contributed by atoms with Gasteiger partial charge >= 0.3 is 0 Å². The first-order chi connectivity index (χ1) is 31.9. The van der Waals surface area contributed by atoms with Gasteiger partial charge in [-0.15, -0.1) is 21.9 Å². The highest BCUT2D eigenvalue weighted by molar-refractivity contribution is 7.20. The Morgan fingerprint density at radius 3 is 0.706 bits per heavy atom. The molecule has 0 heterocycles. The number of benzene rings is 4. The number of halogens is 16. The molecule has 2 saturated carbocycles. The summed E-state index contributed by atoms with van der Waals surface area (Å²) in [4.78, 5) is 0. The second kappa shape index (κ2) is 20.5. The lowest BCUT2D eigenvalue weighted by Gasteiger charge is -2.49. The lowest BCUT2D eigenvalue weighted by molar-refractivity contribution is -0.806. The Morgan fingerprint density at radius 1 is 0.324 bits per heavy atom. The van der Waals surface area contributed by atoms with Crippen molar-refractivity contribution in [2.24, 2.45) is 11.8 Å². The zero-order chi connectivity index (χ0) is 51.1. The van der Waals surface area contributed by atoms with E-state index < -0.39 is 144 Å². The molecule has 0 aromatic heterocycles. The van der Waals surface area contributed by atoms with E-state index in [1.54, 1.807) is 0 Å². The van der Waals surface area contributed by atoms with Crippen LogP contribution in [0.1, 0.15) is 91.9 Å². The van der Waals surface area contributed by atoms with Gasteiger partial charge in [-0.2, -0.15) is 17.6 Å². The molecule has 2 aliphatic carbocycles. The fourth-order valence-corrected chi connectivity index (χ4v) is 10.4. The molecule has 4 aromatic carbocycles. The number of hydrogen-bond donors (Lipinski definition) is 1. The molecule has 5 nitrogen and oxygen atoms in total. The maximum atomic E-state index is 16.3. The minimum absolute atomic E-state index is 0.266. The van der Waals surface area contributed by atoms with Crippen LogP contribution in [0.15, 0.2) is 0 Å². The molecule has 4 aromatic rings. The van der Waals surface area contributed by atoms with E-state index in [0.29, 0.717) is 11.1 Å². The van der Waals surface area contributed by atoms with E-state index in [-0.39, 0.29) is 28.4 Å². The Labute approximate surface area is 381 Å². The summed E-state index contributed by atoms with van der Waals surface area (Å²) < 4.78 is 266.